The summed E-state index contributed by atoms with van der Waals surface area (Å²) in [5.41, 5.74) is 0. The van der Waals surface area contributed by atoms with Gasteiger partial charge in [0.1, 0.15) is 0 Å². The molecule has 4 nitrogen and oxygen atoms in total. The molecule has 1 rings (SSSR count). The lowest BCUT2D eigenvalue weighted by Gasteiger charge is -2.13. The highest BCUT2D eigenvalue weighted by molar-refractivity contribution is 5.94. The van der Waals surface area contributed by atoms with Crippen LogP contribution in [0.15, 0.2) is 11.8 Å². The fraction of sp³-hybridized carbons (Fsp3) is 0.429. The van der Waals surface area contributed by atoms with Crippen LogP contribution in [0.4, 0.5) is 0 Å². The van der Waals surface area contributed by atoms with E-state index in [1.165, 1.54) is 0 Å². The first-order chi connectivity index (χ1) is 5.41. The predicted molar refractivity (Wildman–Crippen MR) is 35.7 cm³/mol. The highest BCUT2D eigenvalue weighted by Crippen LogP contribution is 2.25. The lowest BCUT2D eigenvalue weighted by atomic mass is 10.4. The summed E-state index contributed by atoms with van der Waals surface area (Å²) in [6, 6.07) is 0. The molecule has 0 N–H and O–H groups in total. The minimum absolute atomic E-state index is 0.125. The lowest BCUT2D eigenvalue weighted by Crippen LogP contribution is -2.19. The molecule has 0 aromatic heterocycles. The standard InChI is InChI=1S/C7H8ClO4/c1-7(2)11-4(3-5(8)9)6(10)12-7/h3,8H,1-2H3/q+1/b4-3-. The molecule has 0 radical (unpaired) electrons. The van der Waals surface area contributed by atoms with Gasteiger partial charge in [-0.3, -0.25) is 0 Å². The first kappa shape index (κ1) is 9.06. The van der Waals surface area contributed by atoms with Crippen LogP contribution in [0.2, 0.25) is 0 Å². The van der Waals surface area contributed by atoms with Crippen molar-refractivity contribution in [1.29, 1.82) is 0 Å². The predicted octanol–water partition coefficient (Wildman–Crippen LogP) is -0.0120. The van der Waals surface area contributed by atoms with Crippen LogP contribution in [-0.4, -0.2) is 17.0 Å². The van der Waals surface area contributed by atoms with Crippen molar-refractivity contribution < 1.29 is 30.7 Å². The summed E-state index contributed by atoms with van der Waals surface area (Å²) < 4.78 is 9.71. The van der Waals surface area contributed by atoms with E-state index in [2.05, 4.69) is 11.6 Å². The highest BCUT2D eigenvalue weighted by atomic mass is 35.5. The molecule has 0 aromatic carbocycles. The van der Waals surface area contributed by atoms with E-state index in [4.69, 9.17) is 9.47 Å². The molecule has 0 spiro atoms. The van der Waals surface area contributed by atoms with Gasteiger partial charge in [0.05, 0.1) is 6.08 Å². The Labute approximate surface area is 74.1 Å². The van der Waals surface area contributed by atoms with Crippen molar-refractivity contribution >= 4 is 11.2 Å². The summed E-state index contributed by atoms with van der Waals surface area (Å²) in [6.07, 6.45) is 0.937. The maximum absolute atomic E-state index is 10.9. The molecule has 1 heterocycles. The quantitative estimate of drug-likeness (QED) is 0.332. The van der Waals surface area contributed by atoms with Gasteiger partial charge in [-0.25, -0.2) is 9.59 Å². The molecule has 1 aliphatic heterocycles. The molecule has 5 heteroatoms. The largest absolute Gasteiger partial charge is 0.445 e. The second-order valence-electron chi connectivity index (χ2n) is 2.72. The Hall–Kier alpha value is -1.03. The fourth-order valence-electron chi connectivity index (χ4n) is 0.796. The van der Waals surface area contributed by atoms with Crippen LogP contribution in [0, 0.1) is 11.6 Å². The number of hydrogen-bond donors (Lipinski definition) is 0. The fourth-order valence-corrected chi connectivity index (χ4v) is 0.903. The van der Waals surface area contributed by atoms with Crippen molar-refractivity contribution in [2.75, 3.05) is 0 Å². The molecule has 0 aliphatic carbocycles. The Morgan fingerprint density at radius 3 is 2.42 bits per heavy atom. The third-order valence-electron chi connectivity index (χ3n) is 1.14. The Morgan fingerprint density at radius 1 is 1.50 bits per heavy atom. The van der Waals surface area contributed by atoms with Crippen molar-refractivity contribution in [2.45, 2.75) is 19.6 Å². The second kappa shape index (κ2) is 2.79. The average molecular weight is 192 g/mol. The normalized spacial score (nSPS) is 23.6. The van der Waals surface area contributed by atoms with Crippen LogP contribution in [0.5, 0.6) is 0 Å². The summed E-state index contributed by atoms with van der Waals surface area (Å²) in [6.45, 7) is 3.14. The first-order valence-corrected chi connectivity index (χ1v) is 3.66. The van der Waals surface area contributed by atoms with Gasteiger partial charge in [-0.15, -0.1) is 0 Å². The Kier molecular flexibility index (Phi) is 2.10. The van der Waals surface area contributed by atoms with Crippen molar-refractivity contribution in [3.63, 3.8) is 0 Å². The molecule has 1 fully saturated rings. The van der Waals surface area contributed by atoms with Gasteiger partial charge in [-0.2, -0.15) is 0 Å². The number of halogens is 1. The minimum atomic E-state index is -0.992. The maximum atomic E-state index is 10.9. The van der Waals surface area contributed by atoms with Crippen LogP contribution >= 0.6 is 0 Å². The zero-order chi connectivity index (χ0) is 9.35. The maximum Gasteiger partial charge on any atom is 0.427 e. The highest BCUT2D eigenvalue weighted by Gasteiger charge is 2.38. The van der Waals surface area contributed by atoms with E-state index in [-0.39, 0.29) is 5.76 Å². The number of ether oxygens (including phenoxy) is 2. The van der Waals surface area contributed by atoms with E-state index in [1.54, 1.807) is 13.8 Å². The summed E-state index contributed by atoms with van der Waals surface area (Å²) in [4.78, 5) is 21.3. The molecular weight excluding hydrogens is 184 g/mol. The Bertz CT molecular complexity index is 267. The number of esters is 1. The molecular formula is C7H8ClO4+. The van der Waals surface area contributed by atoms with Gasteiger partial charge in [-0.1, -0.05) is 0 Å². The topological polar surface area (TPSA) is 52.6 Å². The third kappa shape index (κ3) is 1.98. The summed E-state index contributed by atoms with van der Waals surface area (Å²) >= 11 is 4.24. The van der Waals surface area contributed by atoms with Crippen LogP contribution in [0.25, 0.3) is 0 Å². The smallest absolute Gasteiger partial charge is 0.427 e. The monoisotopic (exact) mass is 191 g/mol. The Balaban J connectivity index is 2.84. The van der Waals surface area contributed by atoms with Crippen LogP contribution in [-0.2, 0) is 19.1 Å². The first-order valence-electron chi connectivity index (χ1n) is 3.26. The SMILES string of the molecule is CC1(C)OC(=O)/C(=C/C(=O)[ClH+])O1. The molecule has 0 saturated carbocycles. The number of carbonyl (C=O) groups is 2. The molecule has 0 bridgehead atoms. The van der Waals surface area contributed by atoms with E-state index in [0.717, 1.165) is 6.08 Å². The molecule has 0 aromatic rings. The number of carbonyl (C=O) groups excluding carboxylic acids is 2. The average Bonchev–Trinajstić information content (AvgIpc) is 2.03. The van der Waals surface area contributed by atoms with Gasteiger partial charge in [0.15, 0.2) is 11.6 Å². The van der Waals surface area contributed by atoms with E-state index in [9.17, 15) is 9.59 Å². The van der Waals surface area contributed by atoms with Gasteiger partial charge < -0.3 is 9.47 Å². The van der Waals surface area contributed by atoms with Gasteiger partial charge in [-0.05, 0) is 0 Å². The van der Waals surface area contributed by atoms with Crippen molar-refractivity contribution in [1.82, 2.24) is 0 Å². The number of rotatable bonds is 1. The van der Waals surface area contributed by atoms with Gasteiger partial charge in [0, 0.05) is 13.8 Å². The number of hydrogen-bond acceptors (Lipinski definition) is 4. The summed E-state index contributed by atoms with van der Waals surface area (Å²) in [7, 11) is 0. The number of cyclic esters (lactones) is 1. The zero-order valence-electron chi connectivity index (χ0n) is 6.62. The summed E-state index contributed by atoms with van der Waals surface area (Å²) in [5, 5.41) is -0.653. The third-order valence-corrected chi connectivity index (χ3v) is 1.26. The second-order valence-corrected chi connectivity index (χ2v) is 3.12. The molecule has 0 unspecified atom stereocenters. The molecule has 66 valence electrons. The van der Waals surface area contributed by atoms with Crippen LogP contribution in [0.1, 0.15) is 13.8 Å². The van der Waals surface area contributed by atoms with Crippen LogP contribution in [0.3, 0.4) is 0 Å². The lowest BCUT2D eigenvalue weighted by molar-refractivity contribution is -0.297. The molecule has 1 aliphatic rings. The summed E-state index contributed by atoms with van der Waals surface area (Å²) in [5.74, 6) is -1.77. The van der Waals surface area contributed by atoms with Gasteiger partial charge >= 0.3 is 11.2 Å². The van der Waals surface area contributed by atoms with Gasteiger partial charge in [0.25, 0.3) is 0 Å². The molecule has 0 amide bonds. The van der Waals surface area contributed by atoms with E-state index in [0.29, 0.717) is 0 Å². The van der Waals surface area contributed by atoms with Crippen molar-refractivity contribution in [2.24, 2.45) is 0 Å². The molecule has 0 atom stereocenters. The van der Waals surface area contributed by atoms with E-state index < -0.39 is 17.0 Å². The Morgan fingerprint density at radius 2 is 2.08 bits per heavy atom. The van der Waals surface area contributed by atoms with E-state index >= 15 is 0 Å². The molecule has 1 saturated heterocycles. The van der Waals surface area contributed by atoms with Gasteiger partial charge in [0.2, 0.25) is 11.5 Å². The van der Waals surface area contributed by atoms with Crippen LogP contribution < -0.4 is 0 Å². The molecule has 12 heavy (non-hydrogen) atoms. The van der Waals surface area contributed by atoms with Crippen molar-refractivity contribution in [3.8, 4) is 0 Å². The zero-order valence-corrected chi connectivity index (χ0v) is 7.44. The minimum Gasteiger partial charge on any atom is -0.445 e. The number of allylic oxidation sites excluding steroid dienone is 1. The van der Waals surface area contributed by atoms with Crippen molar-refractivity contribution in [3.05, 3.63) is 11.8 Å². The van der Waals surface area contributed by atoms with E-state index in [1.807, 2.05) is 0 Å².